The molecular weight excluding hydrogens is 390 g/mol. The molecule has 0 atom stereocenters. The lowest BCUT2D eigenvalue weighted by atomic mass is 10.3. The van der Waals surface area contributed by atoms with Crippen molar-refractivity contribution >= 4 is 27.3 Å². The molecule has 0 spiro atoms. The molecule has 2 aromatic rings. The van der Waals surface area contributed by atoms with E-state index in [1.165, 1.54) is 33.3 Å². The lowest BCUT2D eigenvalue weighted by Gasteiger charge is -2.26. The zero-order chi connectivity index (χ0) is 20.3. The summed E-state index contributed by atoms with van der Waals surface area (Å²) in [5, 5.41) is 17.5. The van der Waals surface area contributed by atoms with E-state index < -0.39 is 26.5 Å². The number of rotatable bonds is 6. The van der Waals surface area contributed by atoms with Gasteiger partial charge in [0.05, 0.1) is 23.0 Å². The summed E-state index contributed by atoms with van der Waals surface area (Å²) in [4.78, 5) is 23.0. The molecule has 2 heterocycles. The lowest BCUT2D eigenvalue weighted by Crippen LogP contribution is -2.40. The van der Waals surface area contributed by atoms with Gasteiger partial charge in [0.15, 0.2) is 0 Å². The molecule has 0 saturated carbocycles. The Morgan fingerprint density at radius 1 is 1.29 bits per heavy atom. The number of nitrogens with one attached hydrogen (secondary N) is 1. The van der Waals surface area contributed by atoms with Crippen LogP contribution >= 0.6 is 0 Å². The van der Waals surface area contributed by atoms with Crippen LogP contribution in [0.3, 0.4) is 0 Å². The number of hydrogen-bond donors (Lipinski definition) is 1. The van der Waals surface area contributed by atoms with Gasteiger partial charge in [-0.25, -0.2) is 8.42 Å². The Hall–Kier alpha value is -2.83. The van der Waals surface area contributed by atoms with Gasteiger partial charge >= 0.3 is 5.69 Å². The summed E-state index contributed by atoms with van der Waals surface area (Å²) in [6, 6.07) is 5.63. The molecule has 1 N–H and O–H groups in total. The van der Waals surface area contributed by atoms with Crippen LogP contribution in [0.5, 0.6) is 0 Å². The van der Waals surface area contributed by atoms with Gasteiger partial charge in [0.25, 0.3) is 5.91 Å². The lowest BCUT2D eigenvalue weighted by molar-refractivity contribution is -0.385. The fourth-order valence-electron chi connectivity index (χ4n) is 2.82. The van der Waals surface area contributed by atoms with Crippen LogP contribution in [0.4, 0.5) is 11.4 Å². The Balaban J connectivity index is 1.79. The highest BCUT2D eigenvalue weighted by atomic mass is 32.2. The monoisotopic (exact) mass is 409 g/mol. The van der Waals surface area contributed by atoms with Crippen molar-refractivity contribution in [1.29, 1.82) is 0 Å². The van der Waals surface area contributed by atoms with Crippen LogP contribution in [-0.2, 0) is 21.3 Å². The maximum atomic E-state index is 12.6. The molecule has 28 heavy (non-hydrogen) atoms. The summed E-state index contributed by atoms with van der Waals surface area (Å²) in [6.07, 6.45) is 1.02. The first kappa shape index (κ1) is 19.9. The first-order valence-corrected chi connectivity index (χ1v) is 9.98. The first-order chi connectivity index (χ1) is 13.3. The molecule has 0 bridgehead atoms. The number of sulfonamides is 1. The zero-order valence-corrected chi connectivity index (χ0v) is 15.9. The number of aryl methyl sites for hydroxylation is 1. The number of anilines is 1. The van der Waals surface area contributed by atoms with Gasteiger partial charge in [-0.05, 0) is 31.2 Å². The van der Waals surface area contributed by atoms with Gasteiger partial charge in [-0.3, -0.25) is 19.6 Å². The minimum absolute atomic E-state index is 0.0944. The average molecular weight is 409 g/mol. The van der Waals surface area contributed by atoms with Crippen LogP contribution < -0.4 is 5.32 Å². The summed E-state index contributed by atoms with van der Waals surface area (Å²) in [5.41, 5.74) is -0.257. The molecule has 1 amide bonds. The molecule has 11 nitrogen and oxygen atoms in total. The van der Waals surface area contributed by atoms with E-state index in [9.17, 15) is 23.3 Å². The number of ether oxygens (including phenoxy) is 1. The van der Waals surface area contributed by atoms with Gasteiger partial charge < -0.3 is 10.1 Å². The van der Waals surface area contributed by atoms with E-state index in [1.807, 2.05) is 0 Å². The molecule has 1 aliphatic rings. The van der Waals surface area contributed by atoms with E-state index in [1.54, 1.807) is 6.92 Å². The number of morpholine rings is 1. The number of nitrogens with zero attached hydrogens (tertiary/aromatic N) is 4. The third-order valence-electron chi connectivity index (χ3n) is 4.25. The van der Waals surface area contributed by atoms with Crippen molar-refractivity contribution in [2.75, 3.05) is 31.6 Å². The summed E-state index contributed by atoms with van der Waals surface area (Å²) in [7, 11) is -3.64. The molecule has 1 saturated heterocycles. The van der Waals surface area contributed by atoms with E-state index in [-0.39, 0.29) is 30.2 Å². The molecule has 3 rings (SSSR count). The van der Waals surface area contributed by atoms with Crippen LogP contribution in [0.15, 0.2) is 35.4 Å². The third kappa shape index (κ3) is 3.88. The number of hydrogen-bond acceptors (Lipinski definition) is 7. The third-order valence-corrected chi connectivity index (χ3v) is 6.16. The van der Waals surface area contributed by atoms with E-state index in [0.717, 1.165) is 6.20 Å². The predicted octanol–water partition coefficient (Wildman–Crippen LogP) is 1.08. The Kier molecular flexibility index (Phi) is 5.72. The van der Waals surface area contributed by atoms with Crippen molar-refractivity contribution in [3.63, 3.8) is 0 Å². The molecule has 0 radical (unpaired) electrons. The smallest absolute Gasteiger partial charge is 0.320 e. The second kappa shape index (κ2) is 8.04. The van der Waals surface area contributed by atoms with E-state index in [4.69, 9.17) is 4.74 Å². The number of benzene rings is 1. The summed E-state index contributed by atoms with van der Waals surface area (Å²) in [5.74, 6) is -0.699. The Morgan fingerprint density at radius 3 is 2.50 bits per heavy atom. The van der Waals surface area contributed by atoms with Crippen molar-refractivity contribution < 1.29 is 22.9 Å². The minimum Gasteiger partial charge on any atom is -0.379 e. The van der Waals surface area contributed by atoms with Crippen molar-refractivity contribution in [3.8, 4) is 0 Å². The molecular formula is C16H19N5O6S. The highest BCUT2D eigenvalue weighted by Gasteiger charge is 2.28. The molecule has 1 aromatic carbocycles. The second-order valence-electron chi connectivity index (χ2n) is 5.95. The van der Waals surface area contributed by atoms with E-state index >= 15 is 0 Å². The average Bonchev–Trinajstić information content (AvgIpc) is 3.14. The Morgan fingerprint density at radius 2 is 1.93 bits per heavy atom. The predicted molar refractivity (Wildman–Crippen MR) is 98.5 cm³/mol. The standard InChI is InChI=1S/C16H19N5O6S/c1-2-20-15(14(11-17-20)21(23)24)16(22)18-12-3-5-13(6-4-12)28(25,26)19-7-9-27-10-8-19/h3-6,11H,2,7-10H2,1H3,(H,18,22). The van der Waals surface area contributed by atoms with Crippen molar-refractivity contribution in [2.24, 2.45) is 0 Å². The first-order valence-electron chi connectivity index (χ1n) is 8.54. The fraction of sp³-hybridized carbons (Fsp3) is 0.375. The van der Waals surface area contributed by atoms with E-state index in [2.05, 4.69) is 10.4 Å². The van der Waals surface area contributed by atoms with Gasteiger partial charge in [0, 0.05) is 25.3 Å². The molecule has 0 unspecified atom stereocenters. The quantitative estimate of drug-likeness (QED) is 0.557. The number of amides is 1. The highest BCUT2D eigenvalue weighted by Crippen LogP contribution is 2.22. The summed E-state index contributed by atoms with van der Waals surface area (Å²) >= 11 is 0. The van der Waals surface area contributed by atoms with Crippen molar-refractivity contribution in [3.05, 3.63) is 46.3 Å². The van der Waals surface area contributed by atoms with Crippen LogP contribution in [0, 0.1) is 10.1 Å². The van der Waals surface area contributed by atoms with Crippen LogP contribution in [0.2, 0.25) is 0 Å². The Bertz CT molecular complexity index is 979. The topological polar surface area (TPSA) is 137 Å². The number of carbonyl (C=O) groups is 1. The summed E-state index contributed by atoms with van der Waals surface area (Å²) < 4.78 is 32.9. The second-order valence-corrected chi connectivity index (χ2v) is 7.88. The van der Waals surface area contributed by atoms with Gasteiger partial charge in [-0.15, -0.1) is 0 Å². The van der Waals surface area contributed by atoms with Gasteiger partial charge in [-0.1, -0.05) is 0 Å². The van der Waals surface area contributed by atoms with Crippen molar-refractivity contribution in [2.45, 2.75) is 18.4 Å². The number of aromatic nitrogens is 2. The Labute approximate surface area is 161 Å². The van der Waals surface area contributed by atoms with Gasteiger partial charge in [0.2, 0.25) is 15.7 Å². The van der Waals surface area contributed by atoms with Crippen molar-refractivity contribution in [1.82, 2.24) is 14.1 Å². The fourth-order valence-corrected chi connectivity index (χ4v) is 4.23. The molecule has 0 aliphatic carbocycles. The normalized spacial score (nSPS) is 15.3. The molecule has 1 aromatic heterocycles. The maximum Gasteiger partial charge on any atom is 0.320 e. The van der Waals surface area contributed by atoms with Crippen LogP contribution in [-0.4, -0.2) is 59.6 Å². The largest absolute Gasteiger partial charge is 0.379 e. The van der Waals surface area contributed by atoms with Crippen LogP contribution in [0.1, 0.15) is 17.4 Å². The number of nitro groups is 1. The van der Waals surface area contributed by atoms with Gasteiger partial charge in [-0.2, -0.15) is 9.40 Å². The highest BCUT2D eigenvalue weighted by molar-refractivity contribution is 7.89. The molecule has 1 aliphatic heterocycles. The summed E-state index contributed by atoms with van der Waals surface area (Å²) in [6.45, 7) is 3.25. The molecule has 150 valence electrons. The maximum absolute atomic E-state index is 12.6. The SMILES string of the molecule is CCn1ncc([N+](=O)[O-])c1C(=O)Nc1ccc(S(=O)(=O)N2CCOCC2)cc1. The van der Waals surface area contributed by atoms with Gasteiger partial charge in [0.1, 0.15) is 6.20 Å². The van der Waals surface area contributed by atoms with Crippen LogP contribution in [0.25, 0.3) is 0 Å². The molecule has 12 heteroatoms. The molecule has 1 fully saturated rings. The zero-order valence-electron chi connectivity index (χ0n) is 15.1. The van der Waals surface area contributed by atoms with E-state index in [0.29, 0.717) is 18.9 Å². The number of carbonyl (C=O) groups excluding carboxylic acids is 1. The minimum atomic E-state index is -3.64.